The summed E-state index contributed by atoms with van der Waals surface area (Å²) in [6.45, 7) is 8.40. The summed E-state index contributed by atoms with van der Waals surface area (Å²) >= 11 is 0. The molecule has 0 atom stereocenters. The number of nitrogens with zero attached hydrogens (tertiary/aromatic N) is 2. The van der Waals surface area contributed by atoms with Gasteiger partial charge >= 0.3 is 0 Å². The van der Waals surface area contributed by atoms with Crippen LogP contribution in [-0.4, -0.2) is 45.3 Å². The van der Waals surface area contributed by atoms with Crippen LogP contribution in [0.25, 0.3) is 0 Å². The molecule has 0 bridgehead atoms. The Labute approximate surface area is 114 Å². The number of nitrogen functional groups attached to an aromatic ring is 1. The van der Waals surface area contributed by atoms with E-state index < -0.39 is 0 Å². The number of rotatable bonds is 6. The van der Waals surface area contributed by atoms with Crippen LogP contribution in [0.2, 0.25) is 0 Å². The number of hydrogen-bond donors (Lipinski definition) is 3. The van der Waals surface area contributed by atoms with Gasteiger partial charge in [-0.2, -0.15) is 5.10 Å². The maximum absolute atomic E-state index is 12.4. The van der Waals surface area contributed by atoms with Crippen LogP contribution in [-0.2, 0) is 0 Å². The Morgan fingerprint density at radius 3 is 2.47 bits per heavy atom. The molecule has 0 aromatic carbocycles. The highest BCUT2D eigenvalue weighted by Gasteiger charge is 2.25. The van der Waals surface area contributed by atoms with Gasteiger partial charge in [-0.3, -0.25) is 9.89 Å². The zero-order valence-corrected chi connectivity index (χ0v) is 12.1. The maximum atomic E-state index is 12.4. The molecule has 6 nitrogen and oxygen atoms in total. The van der Waals surface area contributed by atoms with Gasteiger partial charge in [-0.25, -0.2) is 0 Å². The lowest BCUT2D eigenvalue weighted by molar-refractivity contribution is 0.0688. The summed E-state index contributed by atoms with van der Waals surface area (Å²) in [6, 6.07) is 0.0395. The van der Waals surface area contributed by atoms with Gasteiger partial charge in [-0.15, -0.1) is 0 Å². The van der Waals surface area contributed by atoms with Gasteiger partial charge < -0.3 is 15.7 Å². The van der Waals surface area contributed by atoms with Crippen molar-refractivity contribution in [3.63, 3.8) is 0 Å². The summed E-state index contributed by atoms with van der Waals surface area (Å²) in [4.78, 5) is 14.1. The van der Waals surface area contributed by atoms with Gasteiger partial charge in [0.15, 0.2) is 5.69 Å². The normalized spacial score (nSPS) is 11.3. The summed E-state index contributed by atoms with van der Waals surface area (Å²) in [5.41, 5.74) is 7.47. The largest absolute Gasteiger partial charge is 0.396 e. The summed E-state index contributed by atoms with van der Waals surface area (Å²) in [6.07, 6.45) is 0.547. The molecule has 0 saturated heterocycles. The number of H-pyrrole nitrogens is 1. The Morgan fingerprint density at radius 1 is 1.42 bits per heavy atom. The zero-order chi connectivity index (χ0) is 14.6. The fourth-order valence-electron chi connectivity index (χ4n) is 1.94. The Hall–Kier alpha value is -1.56. The molecule has 1 amide bonds. The molecule has 0 aliphatic heterocycles. The molecule has 0 radical (unpaired) electrons. The molecular formula is C13H24N4O2. The number of hydrogen-bond acceptors (Lipinski definition) is 4. The van der Waals surface area contributed by atoms with E-state index in [4.69, 9.17) is 10.8 Å². The Kier molecular flexibility index (Phi) is 5.35. The smallest absolute Gasteiger partial charge is 0.276 e. The predicted molar refractivity (Wildman–Crippen MR) is 75.0 cm³/mol. The highest BCUT2D eigenvalue weighted by molar-refractivity contribution is 5.97. The number of carbonyl (C=O) groups is 1. The van der Waals surface area contributed by atoms with E-state index in [0.717, 1.165) is 5.69 Å². The van der Waals surface area contributed by atoms with Crippen molar-refractivity contribution in [1.29, 1.82) is 0 Å². The number of aliphatic hydroxyl groups excluding tert-OH is 1. The van der Waals surface area contributed by atoms with Crippen LogP contribution in [0.3, 0.4) is 0 Å². The second-order valence-corrected chi connectivity index (χ2v) is 5.22. The number of nitrogens with two attached hydrogens (primary N) is 1. The zero-order valence-electron chi connectivity index (χ0n) is 12.1. The number of anilines is 1. The molecule has 0 unspecified atom stereocenters. The lowest BCUT2D eigenvalue weighted by atomic mass is 10.1. The van der Waals surface area contributed by atoms with Gasteiger partial charge in [0, 0.05) is 19.2 Å². The van der Waals surface area contributed by atoms with Crippen molar-refractivity contribution < 1.29 is 9.90 Å². The maximum Gasteiger partial charge on any atom is 0.276 e. The molecule has 1 aromatic heterocycles. The molecule has 0 saturated carbocycles. The number of carbonyl (C=O) groups excluding carboxylic acids is 1. The number of aromatic amines is 1. The quantitative estimate of drug-likeness (QED) is 0.725. The molecule has 0 aliphatic rings. The van der Waals surface area contributed by atoms with Crippen LogP contribution < -0.4 is 5.73 Å². The molecule has 19 heavy (non-hydrogen) atoms. The van der Waals surface area contributed by atoms with Crippen LogP contribution in [0.1, 0.15) is 56.2 Å². The monoisotopic (exact) mass is 268 g/mol. The third-order valence-electron chi connectivity index (χ3n) is 3.05. The molecule has 4 N–H and O–H groups in total. The third-order valence-corrected chi connectivity index (χ3v) is 3.05. The van der Waals surface area contributed by atoms with Crippen molar-refractivity contribution in [3.8, 4) is 0 Å². The molecule has 1 heterocycles. The van der Waals surface area contributed by atoms with Gasteiger partial charge in [-0.1, -0.05) is 13.8 Å². The van der Waals surface area contributed by atoms with E-state index in [2.05, 4.69) is 10.2 Å². The van der Waals surface area contributed by atoms with E-state index in [1.807, 2.05) is 27.7 Å². The van der Waals surface area contributed by atoms with Crippen molar-refractivity contribution in [2.24, 2.45) is 0 Å². The first kappa shape index (κ1) is 15.5. The van der Waals surface area contributed by atoms with Crippen molar-refractivity contribution in [1.82, 2.24) is 15.1 Å². The van der Waals surface area contributed by atoms with E-state index in [-0.39, 0.29) is 30.2 Å². The van der Waals surface area contributed by atoms with Gasteiger partial charge in [0.2, 0.25) is 0 Å². The highest BCUT2D eigenvalue weighted by Crippen LogP contribution is 2.23. The van der Waals surface area contributed by atoms with Crippen LogP contribution in [0, 0.1) is 0 Å². The molecule has 6 heteroatoms. The Bertz CT molecular complexity index is 426. The first-order chi connectivity index (χ1) is 8.90. The first-order valence-electron chi connectivity index (χ1n) is 6.65. The lowest BCUT2D eigenvalue weighted by Gasteiger charge is -2.25. The minimum atomic E-state index is -0.191. The third kappa shape index (κ3) is 3.47. The second-order valence-electron chi connectivity index (χ2n) is 5.22. The van der Waals surface area contributed by atoms with Crippen molar-refractivity contribution >= 4 is 11.6 Å². The Morgan fingerprint density at radius 2 is 2.05 bits per heavy atom. The van der Waals surface area contributed by atoms with Gasteiger partial charge in [0.25, 0.3) is 5.91 Å². The highest BCUT2D eigenvalue weighted by atomic mass is 16.3. The summed E-state index contributed by atoms with van der Waals surface area (Å²) in [7, 11) is 0. The SMILES string of the molecule is CC(C)c1[nH]nc(C(=O)N(CCCO)C(C)C)c1N. The molecule has 108 valence electrons. The predicted octanol–water partition coefficient (Wildman–Crippen LogP) is 1.35. The topological polar surface area (TPSA) is 95.2 Å². The van der Waals surface area contributed by atoms with E-state index in [0.29, 0.717) is 18.7 Å². The molecule has 0 aliphatic carbocycles. The molecule has 1 aromatic rings. The average Bonchev–Trinajstić information content (AvgIpc) is 2.71. The van der Waals surface area contributed by atoms with Gasteiger partial charge in [0.05, 0.1) is 11.4 Å². The Balaban J connectivity index is 2.96. The van der Waals surface area contributed by atoms with E-state index in [1.165, 1.54) is 0 Å². The van der Waals surface area contributed by atoms with E-state index in [9.17, 15) is 4.79 Å². The molecule has 0 spiro atoms. The van der Waals surface area contributed by atoms with Crippen molar-refractivity contribution in [2.45, 2.75) is 46.1 Å². The van der Waals surface area contributed by atoms with Crippen LogP contribution in [0.15, 0.2) is 0 Å². The van der Waals surface area contributed by atoms with Crippen LogP contribution in [0.4, 0.5) is 5.69 Å². The number of aromatic nitrogens is 2. The van der Waals surface area contributed by atoms with Crippen molar-refractivity contribution in [2.75, 3.05) is 18.9 Å². The minimum Gasteiger partial charge on any atom is -0.396 e. The number of aliphatic hydroxyl groups is 1. The summed E-state index contributed by atoms with van der Waals surface area (Å²) in [5, 5.41) is 15.8. The standard InChI is InChI=1S/C13H24N4O2/c1-8(2)11-10(14)12(16-15-11)13(19)17(9(3)4)6-5-7-18/h8-9,18H,5-7,14H2,1-4H3,(H,15,16). The fraction of sp³-hybridized carbons (Fsp3) is 0.692. The molecule has 0 fully saturated rings. The van der Waals surface area contributed by atoms with Crippen LogP contribution in [0.5, 0.6) is 0 Å². The first-order valence-corrected chi connectivity index (χ1v) is 6.65. The molecular weight excluding hydrogens is 244 g/mol. The summed E-state index contributed by atoms with van der Waals surface area (Å²) in [5.74, 6) is 0.00286. The van der Waals surface area contributed by atoms with E-state index in [1.54, 1.807) is 4.90 Å². The molecule has 1 rings (SSSR count). The average molecular weight is 268 g/mol. The second kappa shape index (κ2) is 6.56. The van der Waals surface area contributed by atoms with Crippen LogP contribution >= 0.6 is 0 Å². The van der Waals surface area contributed by atoms with Gasteiger partial charge in [-0.05, 0) is 26.2 Å². The van der Waals surface area contributed by atoms with E-state index >= 15 is 0 Å². The number of nitrogens with one attached hydrogen (secondary N) is 1. The minimum absolute atomic E-state index is 0.0395. The number of amides is 1. The lowest BCUT2D eigenvalue weighted by Crippen LogP contribution is -2.38. The van der Waals surface area contributed by atoms with Crippen molar-refractivity contribution in [3.05, 3.63) is 11.4 Å². The summed E-state index contributed by atoms with van der Waals surface area (Å²) < 4.78 is 0. The van der Waals surface area contributed by atoms with Gasteiger partial charge in [0.1, 0.15) is 0 Å². The fourth-order valence-corrected chi connectivity index (χ4v) is 1.94.